The topological polar surface area (TPSA) is 15.6 Å². The van der Waals surface area contributed by atoms with Crippen molar-refractivity contribution in [2.24, 2.45) is 10.9 Å². The first-order valence-electron chi connectivity index (χ1n) is 6.65. The number of dihydropyridines is 1. The molecule has 0 bridgehead atoms. The molecule has 2 atom stereocenters. The van der Waals surface area contributed by atoms with Crippen molar-refractivity contribution in [3.8, 4) is 0 Å². The maximum atomic E-state index is 7.12. The van der Waals surface area contributed by atoms with E-state index in [0.717, 1.165) is 17.0 Å². The Kier molecular flexibility index (Phi) is 2.48. The average Bonchev–Trinajstić information content (AvgIpc) is 2.80. The Morgan fingerprint density at radius 2 is 1.95 bits per heavy atom. The summed E-state index contributed by atoms with van der Waals surface area (Å²) in [6, 6.07) is 10.2. The first kappa shape index (κ1) is 11.7. The van der Waals surface area contributed by atoms with E-state index in [-0.39, 0.29) is 5.92 Å². The van der Waals surface area contributed by atoms with E-state index < -0.39 is 5.00 Å². The molecule has 3 heterocycles. The molecule has 0 amide bonds. The van der Waals surface area contributed by atoms with Crippen LogP contribution in [0.5, 0.6) is 0 Å². The third-order valence-electron chi connectivity index (χ3n) is 3.96. The fourth-order valence-electron chi connectivity index (χ4n) is 3.07. The second-order valence-corrected chi connectivity index (χ2v) is 5.60. The van der Waals surface area contributed by atoms with E-state index in [9.17, 15) is 0 Å². The molecule has 0 aromatic heterocycles. The maximum Gasteiger partial charge on any atom is 0.156 e. The molecule has 2 nitrogen and oxygen atoms in total. The van der Waals surface area contributed by atoms with Gasteiger partial charge in [0, 0.05) is 12.4 Å². The lowest BCUT2D eigenvalue weighted by Gasteiger charge is -2.38. The molecule has 0 N–H and O–H groups in total. The third kappa shape index (κ3) is 1.43. The molecule has 1 aromatic carbocycles. The molecule has 0 aliphatic carbocycles. The molecule has 0 spiro atoms. The molecule has 0 fully saturated rings. The van der Waals surface area contributed by atoms with Crippen LogP contribution in [0.3, 0.4) is 0 Å². The van der Waals surface area contributed by atoms with Crippen molar-refractivity contribution in [3.63, 3.8) is 0 Å². The van der Waals surface area contributed by atoms with Crippen LogP contribution in [0.15, 0.2) is 83.3 Å². The van der Waals surface area contributed by atoms with Gasteiger partial charge in [0.2, 0.25) is 0 Å². The molecule has 0 saturated heterocycles. The predicted molar refractivity (Wildman–Crippen MR) is 82.2 cm³/mol. The lowest BCUT2D eigenvalue weighted by molar-refractivity contribution is 0.293. The van der Waals surface area contributed by atoms with Gasteiger partial charge in [0.1, 0.15) is 0 Å². The number of hydrogen-bond acceptors (Lipinski definition) is 2. The summed E-state index contributed by atoms with van der Waals surface area (Å²) < 4.78 is 0. The summed E-state index contributed by atoms with van der Waals surface area (Å²) >= 11 is 7.12. The Balaban J connectivity index is 1.94. The molecular weight excluding hydrogens is 268 g/mol. The molecule has 4 rings (SSSR count). The van der Waals surface area contributed by atoms with E-state index in [1.165, 1.54) is 0 Å². The van der Waals surface area contributed by atoms with Crippen molar-refractivity contribution in [2.75, 3.05) is 0 Å². The Hall–Kier alpha value is -2.06. The molecular formula is C17H13ClN2. The summed E-state index contributed by atoms with van der Waals surface area (Å²) in [5.74, 6) is 0.0546. The maximum absolute atomic E-state index is 7.12. The first-order valence-corrected chi connectivity index (χ1v) is 7.03. The quantitative estimate of drug-likeness (QED) is 0.562. The minimum absolute atomic E-state index is 0.0546. The summed E-state index contributed by atoms with van der Waals surface area (Å²) in [5, 5.41) is 0. The highest BCUT2D eigenvalue weighted by atomic mass is 35.5. The number of halogens is 1. The van der Waals surface area contributed by atoms with Crippen molar-refractivity contribution in [2.45, 2.75) is 5.00 Å². The SMILES string of the molecule is ClC1(c2ccccc2)C2C=CC=NC2=C2C=CC=CN21. The van der Waals surface area contributed by atoms with E-state index in [0.29, 0.717) is 0 Å². The van der Waals surface area contributed by atoms with Gasteiger partial charge in [-0.3, -0.25) is 4.99 Å². The van der Waals surface area contributed by atoms with Crippen molar-refractivity contribution in [1.82, 2.24) is 4.90 Å². The monoisotopic (exact) mass is 280 g/mol. The largest absolute Gasteiger partial charge is 0.322 e. The predicted octanol–water partition coefficient (Wildman–Crippen LogP) is 3.95. The van der Waals surface area contributed by atoms with Crippen molar-refractivity contribution in [3.05, 3.63) is 83.9 Å². The van der Waals surface area contributed by atoms with Crippen LogP contribution < -0.4 is 0 Å². The number of hydrogen-bond donors (Lipinski definition) is 0. The van der Waals surface area contributed by atoms with Gasteiger partial charge in [-0.2, -0.15) is 0 Å². The number of alkyl halides is 1. The summed E-state index contributed by atoms with van der Waals surface area (Å²) in [4.78, 5) is 6.04. The summed E-state index contributed by atoms with van der Waals surface area (Å²) in [7, 11) is 0. The van der Waals surface area contributed by atoms with Crippen LogP contribution in [-0.2, 0) is 5.00 Å². The highest BCUT2D eigenvalue weighted by Crippen LogP contribution is 2.54. The van der Waals surface area contributed by atoms with Gasteiger partial charge >= 0.3 is 0 Å². The number of allylic oxidation sites excluding steroid dienone is 4. The number of aliphatic imine (C=N–C) groups is 1. The van der Waals surface area contributed by atoms with Crippen LogP contribution in [0.25, 0.3) is 0 Å². The number of rotatable bonds is 1. The molecule has 0 saturated carbocycles. The molecule has 3 aliphatic rings. The Morgan fingerprint density at radius 1 is 1.10 bits per heavy atom. The fourth-order valence-corrected chi connectivity index (χ4v) is 3.52. The van der Waals surface area contributed by atoms with Gasteiger partial charge in [-0.1, -0.05) is 54.1 Å². The van der Waals surface area contributed by atoms with Gasteiger partial charge in [-0.15, -0.1) is 0 Å². The minimum Gasteiger partial charge on any atom is -0.322 e. The van der Waals surface area contributed by atoms with Gasteiger partial charge in [0.25, 0.3) is 0 Å². The Labute approximate surface area is 123 Å². The van der Waals surface area contributed by atoms with E-state index in [2.05, 4.69) is 34.2 Å². The van der Waals surface area contributed by atoms with E-state index in [1.54, 1.807) is 0 Å². The lowest BCUT2D eigenvalue weighted by atomic mass is 9.90. The molecule has 3 heteroatoms. The summed E-state index contributed by atoms with van der Waals surface area (Å²) in [6.45, 7) is 0. The molecule has 20 heavy (non-hydrogen) atoms. The molecule has 1 aromatic rings. The van der Waals surface area contributed by atoms with Gasteiger partial charge in [-0.25, -0.2) is 0 Å². The average molecular weight is 281 g/mol. The molecule has 0 radical (unpaired) electrons. The summed E-state index contributed by atoms with van der Waals surface area (Å²) in [5.41, 5.74) is 3.20. The lowest BCUT2D eigenvalue weighted by Crippen LogP contribution is -2.38. The van der Waals surface area contributed by atoms with Gasteiger partial charge in [0.05, 0.1) is 17.3 Å². The third-order valence-corrected chi connectivity index (χ3v) is 4.60. The second kappa shape index (κ2) is 4.22. The van der Waals surface area contributed by atoms with E-state index >= 15 is 0 Å². The van der Waals surface area contributed by atoms with Gasteiger partial charge in [0.15, 0.2) is 5.00 Å². The normalized spacial score (nSPS) is 29.9. The zero-order chi connectivity index (χ0) is 13.6. The van der Waals surface area contributed by atoms with Crippen LogP contribution >= 0.6 is 11.6 Å². The second-order valence-electron chi connectivity index (χ2n) is 5.02. The Morgan fingerprint density at radius 3 is 2.80 bits per heavy atom. The van der Waals surface area contributed by atoms with E-state index in [4.69, 9.17) is 11.6 Å². The first-order chi connectivity index (χ1) is 9.82. The van der Waals surface area contributed by atoms with Crippen molar-refractivity contribution in [1.29, 1.82) is 0 Å². The van der Waals surface area contributed by atoms with Crippen molar-refractivity contribution >= 4 is 17.8 Å². The minimum atomic E-state index is -0.637. The number of benzene rings is 1. The van der Waals surface area contributed by atoms with Crippen molar-refractivity contribution < 1.29 is 0 Å². The number of fused-ring (bicyclic) bond motifs is 2. The fraction of sp³-hybridized carbons (Fsp3) is 0.118. The summed E-state index contributed by atoms with van der Waals surface area (Å²) in [6.07, 6.45) is 14.1. The highest BCUT2D eigenvalue weighted by molar-refractivity contribution is 6.25. The van der Waals surface area contributed by atoms with Crippen LogP contribution in [0, 0.1) is 5.92 Å². The smallest absolute Gasteiger partial charge is 0.156 e. The van der Waals surface area contributed by atoms with Crippen LogP contribution in [0.1, 0.15) is 5.56 Å². The standard InChI is InChI=1S/C17H13ClN2/c18-17(13-7-2-1-3-8-13)14-9-6-11-19-16(14)15-10-4-5-12-20(15)17/h1-12,14H. The zero-order valence-corrected chi connectivity index (χ0v) is 11.5. The zero-order valence-electron chi connectivity index (χ0n) is 10.8. The molecule has 3 aliphatic heterocycles. The molecule has 98 valence electrons. The highest BCUT2D eigenvalue weighted by Gasteiger charge is 2.51. The molecule has 2 unspecified atom stereocenters. The van der Waals surface area contributed by atoms with Crippen LogP contribution in [0.2, 0.25) is 0 Å². The van der Waals surface area contributed by atoms with Crippen LogP contribution in [0.4, 0.5) is 0 Å². The van der Waals surface area contributed by atoms with Crippen LogP contribution in [-0.4, -0.2) is 11.1 Å². The van der Waals surface area contributed by atoms with Gasteiger partial charge < -0.3 is 4.90 Å². The number of nitrogens with zero attached hydrogens (tertiary/aromatic N) is 2. The Bertz CT molecular complexity index is 657. The van der Waals surface area contributed by atoms with Gasteiger partial charge in [-0.05, 0) is 23.8 Å². The van der Waals surface area contributed by atoms with E-state index in [1.807, 2.05) is 48.8 Å².